The van der Waals surface area contributed by atoms with Gasteiger partial charge in [-0.15, -0.1) is 0 Å². The highest BCUT2D eigenvalue weighted by atomic mass is 16.6. The van der Waals surface area contributed by atoms with E-state index in [4.69, 9.17) is 15.2 Å². The van der Waals surface area contributed by atoms with Crippen LogP contribution in [0.3, 0.4) is 0 Å². The smallest absolute Gasteiger partial charge is 0.408 e. The van der Waals surface area contributed by atoms with Gasteiger partial charge in [0.1, 0.15) is 5.60 Å². The van der Waals surface area contributed by atoms with Crippen molar-refractivity contribution in [2.45, 2.75) is 39.3 Å². The number of aryl methyl sites for hydroxylation is 2. The largest absolute Gasteiger partial charge is 0.481 e. The molecule has 1 rings (SSSR count). The van der Waals surface area contributed by atoms with Crippen LogP contribution < -0.4 is 15.8 Å². The lowest BCUT2D eigenvalue weighted by Gasteiger charge is -2.23. The van der Waals surface area contributed by atoms with Crippen LogP contribution in [-0.4, -0.2) is 35.1 Å². The molecule has 0 spiro atoms. The first kappa shape index (κ1) is 16.3. The molecular formula is C13H24N4O3. The van der Waals surface area contributed by atoms with E-state index >= 15 is 0 Å². The molecule has 0 bridgehead atoms. The fraction of sp³-hybridized carbons (Fsp3) is 0.692. The van der Waals surface area contributed by atoms with Crippen molar-refractivity contribution in [1.82, 2.24) is 15.1 Å². The topological polar surface area (TPSA) is 91.4 Å². The van der Waals surface area contributed by atoms with Crippen molar-refractivity contribution in [1.29, 1.82) is 0 Å². The first-order valence-electron chi connectivity index (χ1n) is 6.46. The fourth-order valence-corrected chi connectivity index (χ4v) is 2.00. The summed E-state index contributed by atoms with van der Waals surface area (Å²) in [5.74, 6) is 0.578. The van der Waals surface area contributed by atoms with Crippen LogP contribution in [0, 0.1) is 6.92 Å². The van der Waals surface area contributed by atoms with Crippen molar-refractivity contribution in [3.05, 3.63) is 11.3 Å². The van der Waals surface area contributed by atoms with Crippen LogP contribution in [0.4, 0.5) is 4.79 Å². The summed E-state index contributed by atoms with van der Waals surface area (Å²) >= 11 is 0. The van der Waals surface area contributed by atoms with E-state index < -0.39 is 17.7 Å². The molecular weight excluding hydrogens is 260 g/mol. The van der Waals surface area contributed by atoms with E-state index in [1.54, 1.807) is 39.6 Å². The molecule has 0 aromatic carbocycles. The van der Waals surface area contributed by atoms with Gasteiger partial charge in [-0.25, -0.2) is 9.48 Å². The third kappa shape index (κ3) is 3.86. The molecule has 0 saturated heterocycles. The number of aromatic nitrogens is 2. The average Bonchev–Trinajstić information content (AvgIpc) is 2.58. The van der Waals surface area contributed by atoms with Crippen LogP contribution in [0.25, 0.3) is 0 Å². The number of amides is 1. The maximum Gasteiger partial charge on any atom is 0.408 e. The van der Waals surface area contributed by atoms with E-state index in [0.29, 0.717) is 5.88 Å². The number of methoxy groups -OCH3 is 1. The molecule has 20 heavy (non-hydrogen) atoms. The average molecular weight is 284 g/mol. The molecule has 1 atom stereocenters. The second-order valence-electron chi connectivity index (χ2n) is 5.57. The molecule has 0 aliphatic rings. The van der Waals surface area contributed by atoms with Crippen LogP contribution in [-0.2, 0) is 11.8 Å². The zero-order valence-electron chi connectivity index (χ0n) is 13.0. The zero-order chi connectivity index (χ0) is 15.5. The van der Waals surface area contributed by atoms with E-state index in [1.165, 1.54) is 0 Å². The Balaban J connectivity index is 2.95. The van der Waals surface area contributed by atoms with Gasteiger partial charge >= 0.3 is 6.09 Å². The maximum absolute atomic E-state index is 11.9. The highest BCUT2D eigenvalue weighted by Gasteiger charge is 2.26. The molecule has 1 aromatic rings. The van der Waals surface area contributed by atoms with E-state index in [0.717, 1.165) is 11.3 Å². The van der Waals surface area contributed by atoms with Gasteiger partial charge in [-0.2, -0.15) is 5.10 Å². The lowest BCUT2D eigenvalue weighted by atomic mass is 10.1. The summed E-state index contributed by atoms with van der Waals surface area (Å²) in [5.41, 5.74) is 6.72. The second-order valence-corrected chi connectivity index (χ2v) is 5.57. The predicted octanol–water partition coefficient (Wildman–Crippen LogP) is 1.26. The van der Waals surface area contributed by atoms with Gasteiger partial charge in [0.15, 0.2) is 0 Å². The Labute approximate surface area is 119 Å². The Kier molecular flexibility index (Phi) is 4.99. The monoisotopic (exact) mass is 284 g/mol. The van der Waals surface area contributed by atoms with Crippen molar-refractivity contribution < 1.29 is 14.3 Å². The Morgan fingerprint density at radius 3 is 2.55 bits per heavy atom. The molecule has 0 saturated carbocycles. The number of ether oxygens (including phenoxy) is 2. The minimum atomic E-state index is -0.558. The molecule has 3 N–H and O–H groups in total. The van der Waals surface area contributed by atoms with Crippen molar-refractivity contribution in [3.63, 3.8) is 0 Å². The number of alkyl carbamates (subject to hydrolysis) is 1. The summed E-state index contributed by atoms with van der Waals surface area (Å²) in [6.45, 7) is 7.49. The van der Waals surface area contributed by atoms with E-state index in [9.17, 15) is 4.79 Å². The Hall–Kier alpha value is -1.76. The van der Waals surface area contributed by atoms with E-state index in [1.807, 2.05) is 6.92 Å². The SMILES string of the molecule is COc1c(C(CN)NC(=O)OC(C)(C)C)c(C)nn1C. The van der Waals surface area contributed by atoms with Gasteiger partial charge in [0, 0.05) is 13.6 Å². The number of carbonyl (C=O) groups is 1. The molecule has 0 aliphatic carbocycles. The number of nitrogens with two attached hydrogens (primary N) is 1. The van der Waals surface area contributed by atoms with Crippen molar-refractivity contribution in [2.24, 2.45) is 12.8 Å². The summed E-state index contributed by atoms with van der Waals surface area (Å²) in [7, 11) is 3.33. The number of hydrogen-bond acceptors (Lipinski definition) is 5. The fourth-order valence-electron chi connectivity index (χ4n) is 2.00. The number of nitrogens with one attached hydrogen (secondary N) is 1. The van der Waals surface area contributed by atoms with Gasteiger partial charge in [0.2, 0.25) is 5.88 Å². The van der Waals surface area contributed by atoms with Gasteiger partial charge in [-0.3, -0.25) is 0 Å². The van der Waals surface area contributed by atoms with E-state index in [-0.39, 0.29) is 6.54 Å². The van der Waals surface area contributed by atoms with Gasteiger partial charge < -0.3 is 20.5 Å². The van der Waals surface area contributed by atoms with Gasteiger partial charge in [0.05, 0.1) is 24.4 Å². The third-order valence-corrected chi connectivity index (χ3v) is 2.68. The number of nitrogens with zero attached hydrogens (tertiary/aromatic N) is 2. The maximum atomic E-state index is 11.9. The third-order valence-electron chi connectivity index (χ3n) is 2.68. The van der Waals surface area contributed by atoms with Crippen molar-refractivity contribution >= 4 is 6.09 Å². The molecule has 1 heterocycles. The summed E-state index contributed by atoms with van der Waals surface area (Å²) in [4.78, 5) is 11.9. The van der Waals surface area contributed by atoms with Crippen LogP contribution in [0.2, 0.25) is 0 Å². The molecule has 0 aliphatic heterocycles. The summed E-state index contributed by atoms with van der Waals surface area (Å²) in [6, 6.07) is -0.409. The van der Waals surface area contributed by atoms with Gasteiger partial charge in [0.25, 0.3) is 0 Å². The predicted molar refractivity (Wildman–Crippen MR) is 75.7 cm³/mol. The van der Waals surface area contributed by atoms with E-state index in [2.05, 4.69) is 10.4 Å². The summed E-state index contributed by atoms with van der Waals surface area (Å²) in [6.07, 6.45) is -0.516. The Bertz CT molecular complexity index is 477. The number of hydrogen-bond donors (Lipinski definition) is 2. The molecule has 1 unspecified atom stereocenters. The minimum Gasteiger partial charge on any atom is -0.481 e. The highest BCUT2D eigenvalue weighted by molar-refractivity contribution is 5.68. The Morgan fingerprint density at radius 1 is 1.50 bits per heavy atom. The summed E-state index contributed by atoms with van der Waals surface area (Å²) < 4.78 is 12.2. The highest BCUT2D eigenvalue weighted by Crippen LogP contribution is 2.27. The van der Waals surface area contributed by atoms with Crippen LogP contribution in [0.1, 0.15) is 38.1 Å². The standard InChI is InChI=1S/C13H24N4O3/c1-8-10(11(19-6)17(5)16-8)9(7-14)15-12(18)20-13(2,3)4/h9H,7,14H2,1-6H3,(H,15,18). The molecule has 1 aromatic heterocycles. The van der Waals surface area contributed by atoms with Gasteiger partial charge in [-0.05, 0) is 27.7 Å². The molecule has 1 amide bonds. The molecule has 0 radical (unpaired) electrons. The van der Waals surface area contributed by atoms with Crippen molar-refractivity contribution in [3.8, 4) is 5.88 Å². The normalized spacial score (nSPS) is 12.9. The molecule has 114 valence electrons. The molecule has 7 heteroatoms. The zero-order valence-corrected chi connectivity index (χ0v) is 13.0. The van der Waals surface area contributed by atoms with Crippen LogP contribution in [0.5, 0.6) is 5.88 Å². The summed E-state index contributed by atoms with van der Waals surface area (Å²) in [5, 5.41) is 7.03. The number of carbonyl (C=O) groups excluding carboxylic acids is 1. The van der Waals surface area contributed by atoms with Crippen LogP contribution in [0.15, 0.2) is 0 Å². The first-order valence-corrected chi connectivity index (χ1v) is 6.46. The number of rotatable bonds is 4. The lowest BCUT2D eigenvalue weighted by molar-refractivity contribution is 0.0504. The Morgan fingerprint density at radius 2 is 2.10 bits per heavy atom. The molecule has 0 fully saturated rings. The van der Waals surface area contributed by atoms with Crippen LogP contribution >= 0.6 is 0 Å². The van der Waals surface area contributed by atoms with Crippen molar-refractivity contribution in [2.75, 3.05) is 13.7 Å². The molecule has 7 nitrogen and oxygen atoms in total. The quantitative estimate of drug-likeness (QED) is 0.868. The van der Waals surface area contributed by atoms with Gasteiger partial charge in [-0.1, -0.05) is 0 Å². The first-order chi connectivity index (χ1) is 9.19. The second kappa shape index (κ2) is 6.13. The lowest BCUT2D eigenvalue weighted by Crippen LogP contribution is -2.38. The minimum absolute atomic E-state index is 0.224.